The van der Waals surface area contributed by atoms with E-state index >= 15 is 0 Å². The zero-order valence-electron chi connectivity index (χ0n) is 11.9. The summed E-state index contributed by atoms with van der Waals surface area (Å²) in [5.74, 6) is -1.22. The van der Waals surface area contributed by atoms with Crippen LogP contribution in [0.1, 0.15) is 21.5 Å². The van der Waals surface area contributed by atoms with E-state index in [9.17, 15) is 20.1 Å². The number of nitrogens with one attached hydrogen (secondary N) is 1. The number of hydrogen-bond donors (Lipinski definition) is 3. The highest BCUT2D eigenvalue weighted by Crippen LogP contribution is 2.35. The van der Waals surface area contributed by atoms with Crippen molar-refractivity contribution >= 4 is 11.8 Å². The predicted molar refractivity (Wildman–Crippen MR) is 79.9 cm³/mol. The average Bonchev–Trinajstić information content (AvgIpc) is 2.53. The molecule has 0 aliphatic rings. The van der Waals surface area contributed by atoms with Crippen molar-refractivity contribution in [2.75, 3.05) is 12.8 Å². The molecule has 2 aromatic rings. The number of carboxylic acid groups (broad SMARTS) is 1. The predicted octanol–water partition coefficient (Wildman–Crippen LogP) is 1.07. The zero-order valence-corrected chi connectivity index (χ0v) is 11.9. The number of hydrogen-bond acceptors (Lipinski definition) is 6. The number of benzene rings is 1. The van der Waals surface area contributed by atoms with Crippen molar-refractivity contribution < 1.29 is 14.6 Å². The monoisotopic (exact) mass is 310 g/mol. The first kappa shape index (κ1) is 15.6. The standard InChI is InChI=1S/C15H10N4O4/c1-23-11-3-2-7(15(21)22)4-8(11)12-9(5-16)13(18)19-14(20)10(12)6-17/h2-4H,1H3,(H,21,22)(H3,18,19,20). The Balaban J connectivity index is 3.00. The molecule has 0 spiro atoms. The summed E-state index contributed by atoms with van der Waals surface area (Å²) in [6, 6.07) is 7.42. The molecule has 0 fully saturated rings. The first-order valence-electron chi connectivity index (χ1n) is 6.22. The van der Waals surface area contributed by atoms with E-state index in [0.29, 0.717) is 0 Å². The molecule has 2 rings (SSSR count). The van der Waals surface area contributed by atoms with Crippen LogP contribution in [-0.4, -0.2) is 23.2 Å². The van der Waals surface area contributed by atoms with Crippen LogP contribution in [0.3, 0.4) is 0 Å². The summed E-state index contributed by atoms with van der Waals surface area (Å²) < 4.78 is 5.15. The number of nitriles is 2. The Morgan fingerprint density at radius 2 is 1.96 bits per heavy atom. The van der Waals surface area contributed by atoms with Gasteiger partial charge in [-0.05, 0) is 18.2 Å². The van der Waals surface area contributed by atoms with Gasteiger partial charge in [-0.1, -0.05) is 0 Å². The van der Waals surface area contributed by atoms with Crippen LogP contribution >= 0.6 is 0 Å². The van der Waals surface area contributed by atoms with Crippen LogP contribution in [0.15, 0.2) is 23.0 Å². The molecule has 0 aliphatic heterocycles. The minimum Gasteiger partial charge on any atom is -0.496 e. The number of methoxy groups -OCH3 is 1. The van der Waals surface area contributed by atoms with Crippen LogP contribution in [0, 0.1) is 22.7 Å². The number of pyridine rings is 1. The van der Waals surface area contributed by atoms with Gasteiger partial charge < -0.3 is 20.6 Å². The summed E-state index contributed by atoms with van der Waals surface area (Å²) in [7, 11) is 1.34. The molecular formula is C15H10N4O4. The largest absolute Gasteiger partial charge is 0.496 e. The fraction of sp³-hybridized carbons (Fsp3) is 0.0667. The lowest BCUT2D eigenvalue weighted by atomic mass is 9.94. The first-order chi connectivity index (χ1) is 10.9. The Morgan fingerprint density at radius 3 is 2.48 bits per heavy atom. The third-order valence-electron chi connectivity index (χ3n) is 3.18. The molecule has 0 atom stereocenters. The van der Waals surface area contributed by atoms with Gasteiger partial charge in [0.1, 0.15) is 34.8 Å². The fourth-order valence-corrected chi connectivity index (χ4v) is 2.15. The SMILES string of the molecule is COc1ccc(C(=O)O)cc1-c1c(C#N)c(N)[nH]c(=O)c1C#N. The third kappa shape index (κ3) is 2.57. The number of H-pyrrole nitrogens is 1. The molecule has 0 aliphatic carbocycles. The molecule has 0 radical (unpaired) electrons. The lowest BCUT2D eigenvalue weighted by Crippen LogP contribution is -2.16. The van der Waals surface area contributed by atoms with Crippen molar-refractivity contribution in [3.63, 3.8) is 0 Å². The first-order valence-corrected chi connectivity index (χ1v) is 6.22. The molecule has 0 amide bonds. The van der Waals surface area contributed by atoms with Gasteiger partial charge in [0.15, 0.2) is 0 Å². The number of aromatic nitrogens is 1. The van der Waals surface area contributed by atoms with Gasteiger partial charge >= 0.3 is 5.97 Å². The molecule has 114 valence electrons. The van der Waals surface area contributed by atoms with Crippen LogP contribution in [0.25, 0.3) is 11.1 Å². The van der Waals surface area contributed by atoms with Crippen molar-refractivity contribution in [1.29, 1.82) is 10.5 Å². The van der Waals surface area contributed by atoms with E-state index in [1.165, 1.54) is 25.3 Å². The van der Waals surface area contributed by atoms with E-state index < -0.39 is 11.5 Å². The lowest BCUT2D eigenvalue weighted by Gasteiger charge is -2.13. The van der Waals surface area contributed by atoms with E-state index in [1.807, 2.05) is 6.07 Å². The topological polar surface area (TPSA) is 153 Å². The third-order valence-corrected chi connectivity index (χ3v) is 3.18. The van der Waals surface area contributed by atoms with E-state index in [1.54, 1.807) is 6.07 Å². The van der Waals surface area contributed by atoms with Crippen molar-refractivity contribution in [2.45, 2.75) is 0 Å². The minimum absolute atomic E-state index is 0.0591. The van der Waals surface area contributed by atoms with Crippen LogP contribution in [0.2, 0.25) is 0 Å². The molecule has 1 heterocycles. The maximum atomic E-state index is 11.9. The van der Waals surface area contributed by atoms with E-state index in [-0.39, 0.29) is 39.4 Å². The average molecular weight is 310 g/mol. The summed E-state index contributed by atoms with van der Waals surface area (Å²) in [5.41, 5.74) is 4.35. The molecule has 1 aromatic carbocycles. The van der Waals surface area contributed by atoms with Gasteiger partial charge in [0.2, 0.25) is 0 Å². The van der Waals surface area contributed by atoms with Crippen LogP contribution in [0.5, 0.6) is 5.75 Å². The number of aromatic amines is 1. The molecule has 23 heavy (non-hydrogen) atoms. The Morgan fingerprint density at radius 1 is 1.30 bits per heavy atom. The highest BCUT2D eigenvalue weighted by atomic mass is 16.5. The molecule has 8 heteroatoms. The second-order valence-electron chi connectivity index (χ2n) is 4.44. The number of carbonyl (C=O) groups is 1. The summed E-state index contributed by atoms with van der Waals surface area (Å²) in [6.45, 7) is 0. The second-order valence-corrected chi connectivity index (χ2v) is 4.44. The number of carboxylic acids is 1. The molecule has 1 aromatic heterocycles. The highest BCUT2D eigenvalue weighted by molar-refractivity contribution is 5.92. The number of nitrogens with two attached hydrogens (primary N) is 1. The molecular weight excluding hydrogens is 300 g/mol. The van der Waals surface area contributed by atoms with Crippen molar-refractivity contribution in [3.05, 3.63) is 45.2 Å². The highest BCUT2D eigenvalue weighted by Gasteiger charge is 2.22. The quantitative estimate of drug-likeness (QED) is 0.766. The van der Waals surface area contributed by atoms with Gasteiger partial charge in [0, 0.05) is 11.1 Å². The second kappa shape index (κ2) is 5.92. The van der Waals surface area contributed by atoms with Crippen LogP contribution in [0.4, 0.5) is 5.82 Å². The smallest absolute Gasteiger partial charge is 0.335 e. The van der Waals surface area contributed by atoms with Crippen LogP contribution < -0.4 is 16.0 Å². The van der Waals surface area contributed by atoms with E-state index in [0.717, 1.165) is 0 Å². The number of ether oxygens (including phenoxy) is 1. The van der Waals surface area contributed by atoms with Gasteiger partial charge in [-0.25, -0.2) is 4.79 Å². The number of aromatic carboxylic acids is 1. The Hall–Kier alpha value is -3.78. The van der Waals surface area contributed by atoms with Gasteiger partial charge in [-0.2, -0.15) is 10.5 Å². The van der Waals surface area contributed by atoms with Crippen molar-refractivity contribution in [3.8, 4) is 29.0 Å². The summed E-state index contributed by atoms with van der Waals surface area (Å²) in [6.07, 6.45) is 0. The molecule has 0 saturated carbocycles. The van der Waals surface area contributed by atoms with Gasteiger partial charge in [0.25, 0.3) is 5.56 Å². The number of nitrogens with zero attached hydrogens (tertiary/aromatic N) is 2. The van der Waals surface area contributed by atoms with Crippen LogP contribution in [-0.2, 0) is 0 Å². The Bertz CT molecular complexity index is 948. The fourth-order valence-electron chi connectivity index (χ4n) is 2.15. The summed E-state index contributed by atoms with van der Waals surface area (Å²) in [4.78, 5) is 25.3. The molecule has 4 N–H and O–H groups in total. The molecule has 0 unspecified atom stereocenters. The van der Waals surface area contributed by atoms with Gasteiger partial charge in [0.05, 0.1) is 12.7 Å². The number of nitrogen functional groups attached to an aromatic ring is 1. The van der Waals surface area contributed by atoms with Gasteiger partial charge in [-0.15, -0.1) is 0 Å². The zero-order chi connectivity index (χ0) is 17.1. The van der Waals surface area contributed by atoms with Crippen molar-refractivity contribution in [2.24, 2.45) is 0 Å². The summed E-state index contributed by atoms with van der Waals surface area (Å²) in [5, 5.41) is 27.6. The maximum absolute atomic E-state index is 11.9. The molecule has 0 bridgehead atoms. The van der Waals surface area contributed by atoms with Gasteiger partial charge in [-0.3, -0.25) is 4.79 Å². The lowest BCUT2D eigenvalue weighted by molar-refractivity contribution is 0.0697. The number of rotatable bonds is 3. The molecule has 8 nitrogen and oxygen atoms in total. The maximum Gasteiger partial charge on any atom is 0.335 e. The normalized spacial score (nSPS) is 9.70. The van der Waals surface area contributed by atoms with E-state index in [4.69, 9.17) is 15.6 Å². The molecule has 0 saturated heterocycles. The Kier molecular flexibility index (Phi) is 4.01. The summed E-state index contributed by atoms with van der Waals surface area (Å²) >= 11 is 0. The Labute approximate surface area is 130 Å². The van der Waals surface area contributed by atoms with E-state index in [2.05, 4.69) is 4.98 Å². The van der Waals surface area contributed by atoms with Crippen molar-refractivity contribution in [1.82, 2.24) is 4.98 Å². The number of anilines is 1. The minimum atomic E-state index is -1.20.